The third-order valence-corrected chi connectivity index (χ3v) is 13.5. The lowest BCUT2D eigenvalue weighted by Gasteiger charge is -2.26. The van der Waals surface area contributed by atoms with Crippen molar-refractivity contribution in [3.8, 4) is 38.6 Å². The van der Waals surface area contributed by atoms with Crippen molar-refractivity contribution in [1.29, 1.82) is 0 Å². The summed E-state index contributed by atoms with van der Waals surface area (Å²) in [6.07, 6.45) is 16.0. The van der Waals surface area contributed by atoms with Crippen molar-refractivity contribution in [2.75, 3.05) is 0 Å². The van der Waals surface area contributed by atoms with Gasteiger partial charge in [0.15, 0.2) is 0 Å². The first kappa shape index (κ1) is 29.9. The second-order valence-electron chi connectivity index (χ2n) is 15.5. The van der Waals surface area contributed by atoms with Crippen molar-refractivity contribution >= 4 is 11.3 Å². The van der Waals surface area contributed by atoms with Gasteiger partial charge in [-0.05, 0) is 120 Å². The fraction of sp³-hybridized carbons (Fsp3) is 0.419. The Kier molecular flexibility index (Phi) is 7.40. The van der Waals surface area contributed by atoms with Crippen molar-refractivity contribution in [2.24, 2.45) is 5.41 Å². The molecular weight excluding hydrogens is 577 g/mol. The molecule has 2 aromatic heterocycles. The average Bonchev–Trinajstić information content (AvgIpc) is 3.78. The van der Waals surface area contributed by atoms with E-state index in [9.17, 15) is 0 Å². The van der Waals surface area contributed by atoms with Crippen LogP contribution in [0.5, 0.6) is 0 Å². The van der Waals surface area contributed by atoms with Gasteiger partial charge in [0.1, 0.15) is 5.82 Å². The lowest BCUT2D eigenvalue weighted by molar-refractivity contribution is 0.535. The molecule has 1 atom stereocenters. The molecule has 3 aliphatic rings. The van der Waals surface area contributed by atoms with Crippen molar-refractivity contribution < 1.29 is 0 Å². The van der Waals surface area contributed by atoms with Gasteiger partial charge in [-0.15, -0.1) is 11.3 Å². The summed E-state index contributed by atoms with van der Waals surface area (Å²) in [5.74, 6) is 2.32. The molecule has 3 fully saturated rings. The first-order valence-electron chi connectivity index (χ1n) is 17.7. The predicted molar refractivity (Wildman–Crippen MR) is 195 cm³/mol. The number of aromatic nitrogens is 2. The molecule has 1 unspecified atom stereocenters. The van der Waals surface area contributed by atoms with E-state index in [0.717, 1.165) is 5.82 Å². The number of rotatable bonds is 7. The molecule has 0 amide bonds. The van der Waals surface area contributed by atoms with E-state index in [0.29, 0.717) is 11.8 Å². The highest BCUT2D eigenvalue weighted by Gasteiger charge is 2.60. The maximum atomic E-state index is 5.25. The summed E-state index contributed by atoms with van der Waals surface area (Å²) in [7, 11) is 0. The van der Waals surface area contributed by atoms with Crippen LogP contribution in [-0.2, 0) is 5.41 Å². The number of aryl methyl sites for hydroxylation is 2. The van der Waals surface area contributed by atoms with Crippen molar-refractivity contribution in [1.82, 2.24) is 9.55 Å². The zero-order valence-electron chi connectivity index (χ0n) is 28.3. The minimum Gasteiger partial charge on any atom is -0.299 e. The smallest absolute Gasteiger partial charge is 0.145 e. The number of hydrogen-bond acceptors (Lipinski definition) is 2. The molecule has 3 saturated carbocycles. The van der Waals surface area contributed by atoms with E-state index >= 15 is 0 Å². The molecule has 0 bridgehead atoms. The normalized spacial score (nSPS) is 21.3. The number of imidazole rings is 1. The lowest BCUT2D eigenvalue weighted by Crippen LogP contribution is -2.12. The summed E-state index contributed by atoms with van der Waals surface area (Å²) in [5.41, 5.74) is 13.1. The third kappa shape index (κ3) is 4.93. The number of nitrogens with zero attached hydrogens (tertiary/aromatic N) is 2. The minimum absolute atomic E-state index is 0.151. The average molecular weight is 625 g/mol. The van der Waals surface area contributed by atoms with Gasteiger partial charge in [0, 0.05) is 33.1 Å². The molecule has 2 nitrogen and oxygen atoms in total. The Hall–Kier alpha value is -3.43. The monoisotopic (exact) mass is 624 g/mol. The van der Waals surface area contributed by atoms with Crippen LogP contribution in [0.1, 0.15) is 118 Å². The van der Waals surface area contributed by atoms with Gasteiger partial charge in [0.25, 0.3) is 0 Å². The highest BCUT2D eigenvalue weighted by Crippen LogP contribution is 2.67. The molecule has 46 heavy (non-hydrogen) atoms. The molecule has 0 radical (unpaired) electrons. The van der Waals surface area contributed by atoms with Crippen LogP contribution in [0.15, 0.2) is 79.1 Å². The second kappa shape index (κ2) is 11.4. The van der Waals surface area contributed by atoms with Crippen LogP contribution < -0.4 is 0 Å². The van der Waals surface area contributed by atoms with E-state index in [-0.39, 0.29) is 10.8 Å². The summed E-state index contributed by atoms with van der Waals surface area (Å²) >= 11 is 2.02. The lowest BCUT2D eigenvalue weighted by atomic mass is 9.84. The van der Waals surface area contributed by atoms with E-state index in [1.54, 1.807) is 11.1 Å². The molecule has 236 valence electrons. The van der Waals surface area contributed by atoms with Crippen LogP contribution in [0.4, 0.5) is 0 Å². The van der Waals surface area contributed by atoms with Gasteiger partial charge in [-0.2, -0.15) is 0 Å². The zero-order chi connectivity index (χ0) is 31.6. The fourth-order valence-corrected chi connectivity index (χ4v) is 10.7. The summed E-state index contributed by atoms with van der Waals surface area (Å²) in [6, 6.07) is 25.4. The third-order valence-electron chi connectivity index (χ3n) is 12.1. The van der Waals surface area contributed by atoms with E-state index in [2.05, 4.69) is 118 Å². The largest absolute Gasteiger partial charge is 0.299 e. The van der Waals surface area contributed by atoms with Gasteiger partial charge in [-0.3, -0.25) is 4.57 Å². The number of benzene rings is 3. The predicted octanol–water partition coefficient (Wildman–Crippen LogP) is 12.6. The maximum absolute atomic E-state index is 5.25. The molecule has 0 N–H and O–H groups in total. The Balaban J connectivity index is 1.37. The Morgan fingerprint density at radius 3 is 1.89 bits per heavy atom. The van der Waals surface area contributed by atoms with Gasteiger partial charge < -0.3 is 0 Å². The molecule has 3 aliphatic carbocycles. The van der Waals surface area contributed by atoms with Crippen LogP contribution in [-0.4, -0.2) is 9.55 Å². The summed E-state index contributed by atoms with van der Waals surface area (Å²) < 4.78 is 2.54. The molecule has 0 aliphatic heterocycles. The molecule has 0 spiro atoms. The van der Waals surface area contributed by atoms with Crippen LogP contribution in [0.25, 0.3) is 38.6 Å². The molecule has 0 saturated heterocycles. The first-order valence-corrected chi connectivity index (χ1v) is 18.5. The quantitative estimate of drug-likeness (QED) is 0.176. The zero-order valence-corrected chi connectivity index (χ0v) is 29.1. The van der Waals surface area contributed by atoms with Crippen LogP contribution in [0, 0.1) is 19.3 Å². The Bertz CT molecular complexity index is 1840. The molecule has 3 aromatic carbocycles. The minimum atomic E-state index is 0.151. The van der Waals surface area contributed by atoms with E-state index in [1.807, 2.05) is 11.3 Å². The van der Waals surface area contributed by atoms with Gasteiger partial charge in [-0.25, -0.2) is 4.98 Å². The van der Waals surface area contributed by atoms with Crippen molar-refractivity contribution in [3.63, 3.8) is 0 Å². The molecule has 5 aromatic rings. The van der Waals surface area contributed by atoms with E-state index in [1.165, 1.54) is 107 Å². The molecular formula is C43H48N2S. The second-order valence-corrected chi connectivity index (χ2v) is 16.5. The fourth-order valence-electron chi connectivity index (χ4n) is 9.06. The van der Waals surface area contributed by atoms with Gasteiger partial charge in [-0.1, -0.05) is 95.0 Å². The summed E-state index contributed by atoms with van der Waals surface area (Å²) in [5, 5.41) is 0. The van der Waals surface area contributed by atoms with Gasteiger partial charge >= 0.3 is 0 Å². The van der Waals surface area contributed by atoms with E-state index in [4.69, 9.17) is 4.98 Å². The maximum Gasteiger partial charge on any atom is 0.145 e. The van der Waals surface area contributed by atoms with Crippen molar-refractivity contribution in [2.45, 2.75) is 110 Å². The van der Waals surface area contributed by atoms with Crippen LogP contribution >= 0.6 is 11.3 Å². The van der Waals surface area contributed by atoms with Gasteiger partial charge in [0.05, 0.1) is 5.69 Å². The standard InChI is InChI=1S/C43H48N2S/c1-28-14-13-15-29(2)38(28)37-26-36(40(46-37)43(5)27-42(43,3)4)41-44-22-23-45(41)39-34(31-18-9-10-19-31)24-33(30-16-7-6-8-17-30)25-35(39)32-20-11-12-21-32/h6-8,13-17,22-26,31-32H,9-12,18-21,27H2,1-5H3. The SMILES string of the molecule is Cc1cccc(C)c1-c1cc(-c2nccn2-c2c(C3CCCC3)cc(-c3ccccc3)cc2C2CCCC2)c(C2(C)CC2(C)C)s1. The Morgan fingerprint density at radius 2 is 1.33 bits per heavy atom. The Morgan fingerprint density at radius 1 is 0.739 bits per heavy atom. The topological polar surface area (TPSA) is 17.8 Å². The highest BCUT2D eigenvalue weighted by molar-refractivity contribution is 7.16. The molecule has 2 heterocycles. The van der Waals surface area contributed by atoms with Crippen LogP contribution in [0.3, 0.4) is 0 Å². The van der Waals surface area contributed by atoms with Crippen LogP contribution in [0.2, 0.25) is 0 Å². The van der Waals surface area contributed by atoms with E-state index < -0.39 is 0 Å². The number of thiophene rings is 1. The summed E-state index contributed by atoms with van der Waals surface area (Å²) in [6.45, 7) is 11.9. The molecule has 8 rings (SSSR count). The molecule has 3 heteroatoms. The first-order chi connectivity index (χ1) is 22.2. The van der Waals surface area contributed by atoms with Gasteiger partial charge in [0.2, 0.25) is 0 Å². The number of hydrogen-bond donors (Lipinski definition) is 0. The van der Waals surface area contributed by atoms with Crippen molar-refractivity contribution in [3.05, 3.63) is 106 Å². The Labute approximate surface area is 279 Å². The highest BCUT2D eigenvalue weighted by atomic mass is 32.1. The summed E-state index contributed by atoms with van der Waals surface area (Å²) in [4.78, 5) is 8.14.